The normalized spacial score (nSPS) is 15.6. The van der Waals surface area contributed by atoms with Crippen molar-refractivity contribution in [1.29, 1.82) is 0 Å². The molecule has 0 radical (unpaired) electrons. The third kappa shape index (κ3) is 5.50. The van der Waals surface area contributed by atoms with Crippen LogP contribution in [0.1, 0.15) is 48.5 Å². The molecule has 1 aromatic heterocycles. The van der Waals surface area contributed by atoms with Gasteiger partial charge in [0.25, 0.3) is 0 Å². The van der Waals surface area contributed by atoms with Crippen LogP contribution in [0, 0.1) is 0 Å². The van der Waals surface area contributed by atoms with Gasteiger partial charge in [0, 0.05) is 36.5 Å². The number of aromatic nitrogens is 1. The Morgan fingerprint density at radius 2 is 2.11 bits per heavy atom. The second-order valence-electron chi connectivity index (χ2n) is 7.00. The van der Waals surface area contributed by atoms with Gasteiger partial charge in [-0.3, -0.25) is 4.99 Å². The first kappa shape index (κ1) is 22.7. The van der Waals surface area contributed by atoms with Gasteiger partial charge in [-0.25, -0.2) is 4.98 Å². The number of methoxy groups -OCH3 is 1. The fourth-order valence-electron chi connectivity index (χ4n) is 3.04. The lowest BCUT2D eigenvalue weighted by Gasteiger charge is -2.14. The molecule has 154 valence electrons. The molecule has 2 aromatic rings. The van der Waals surface area contributed by atoms with Crippen LogP contribution >= 0.6 is 35.3 Å². The highest BCUT2D eigenvalue weighted by atomic mass is 127. The summed E-state index contributed by atoms with van der Waals surface area (Å²) >= 11 is 1.67. The average Bonchev–Trinajstić information content (AvgIpc) is 3.26. The van der Waals surface area contributed by atoms with Crippen LogP contribution in [-0.4, -0.2) is 31.2 Å². The van der Waals surface area contributed by atoms with Crippen molar-refractivity contribution >= 4 is 41.3 Å². The van der Waals surface area contributed by atoms with Crippen molar-refractivity contribution in [2.45, 2.75) is 52.3 Å². The molecule has 6 nitrogen and oxygen atoms in total. The van der Waals surface area contributed by atoms with Crippen LogP contribution in [0.2, 0.25) is 0 Å². The second-order valence-corrected chi connectivity index (χ2v) is 7.95. The first-order valence-electron chi connectivity index (χ1n) is 9.25. The molecule has 0 spiro atoms. The number of guanidine groups is 1. The highest BCUT2D eigenvalue weighted by Crippen LogP contribution is 2.34. The molecule has 0 bridgehead atoms. The van der Waals surface area contributed by atoms with Crippen molar-refractivity contribution in [2.75, 3.05) is 14.2 Å². The van der Waals surface area contributed by atoms with Gasteiger partial charge in [-0.2, -0.15) is 0 Å². The Labute approximate surface area is 188 Å². The molecule has 0 saturated carbocycles. The number of rotatable bonds is 6. The molecule has 2 N–H and O–H groups in total. The number of nitrogens with one attached hydrogen (secondary N) is 2. The number of halogens is 1. The molecule has 8 heteroatoms. The third-order valence-corrected chi connectivity index (χ3v) is 5.40. The van der Waals surface area contributed by atoms with Gasteiger partial charge in [-0.05, 0) is 25.0 Å². The molecule has 1 aliphatic heterocycles. The predicted octanol–water partition coefficient (Wildman–Crippen LogP) is 4.08. The molecular weight excluding hydrogens is 487 g/mol. The zero-order valence-electron chi connectivity index (χ0n) is 17.0. The summed E-state index contributed by atoms with van der Waals surface area (Å²) < 4.78 is 11.4. The largest absolute Gasteiger partial charge is 0.496 e. The lowest BCUT2D eigenvalue weighted by Crippen LogP contribution is -2.36. The fourth-order valence-corrected chi connectivity index (χ4v) is 3.94. The summed E-state index contributed by atoms with van der Waals surface area (Å²) in [4.78, 5) is 8.94. The van der Waals surface area contributed by atoms with Crippen molar-refractivity contribution in [3.63, 3.8) is 0 Å². The molecule has 28 heavy (non-hydrogen) atoms. The summed E-state index contributed by atoms with van der Waals surface area (Å²) in [5.41, 5.74) is 3.39. The molecule has 1 aromatic carbocycles. The summed E-state index contributed by atoms with van der Waals surface area (Å²) in [7, 11) is 3.47. The van der Waals surface area contributed by atoms with E-state index in [9.17, 15) is 0 Å². The van der Waals surface area contributed by atoms with E-state index in [2.05, 4.69) is 58.9 Å². The SMILES string of the molecule is CN=C(NCc1nc(C(C)C)cs1)NCc1cc2c(cc1OC)CC(C)O2.I. The van der Waals surface area contributed by atoms with E-state index in [1.807, 2.05) is 0 Å². The summed E-state index contributed by atoms with van der Waals surface area (Å²) in [6.45, 7) is 7.64. The predicted molar refractivity (Wildman–Crippen MR) is 125 cm³/mol. The van der Waals surface area contributed by atoms with E-state index in [4.69, 9.17) is 9.47 Å². The Morgan fingerprint density at radius 3 is 2.75 bits per heavy atom. The molecular formula is C20H29IN4O2S. The smallest absolute Gasteiger partial charge is 0.191 e. The first-order valence-corrected chi connectivity index (χ1v) is 10.1. The molecule has 1 aliphatic rings. The lowest BCUT2D eigenvalue weighted by atomic mass is 10.1. The van der Waals surface area contributed by atoms with Crippen LogP contribution in [0.25, 0.3) is 0 Å². The lowest BCUT2D eigenvalue weighted by molar-refractivity contribution is 0.254. The molecule has 0 fully saturated rings. The van der Waals surface area contributed by atoms with Crippen LogP contribution in [0.15, 0.2) is 22.5 Å². The van der Waals surface area contributed by atoms with Gasteiger partial charge < -0.3 is 20.1 Å². The standard InChI is InChI=1S/C20H28N4O2S.HI/c1-12(2)16-11-27-19(24-16)10-23-20(21-4)22-9-15-8-18-14(6-13(3)26-18)7-17(15)25-5;/h7-8,11-13H,6,9-10H2,1-5H3,(H2,21,22,23);1H. The van der Waals surface area contributed by atoms with E-state index >= 15 is 0 Å². The maximum absolute atomic E-state index is 5.87. The van der Waals surface area contributed by atoms with E-state index in [1.165, 1.54) is 5.56 Å². The zero-order valence-corrected chi connectivity index (χ0v) is 20.2. The molecule has 1 atom stereocenters. The molecule has 2 heterocycles. The van der Waals surface area contributed by atoms with Crippen LogP contribution in [0.4, 0.5) is 0 Å². The van der Waals surface area contributed by atoms with Gasteiger partial charge in [0.05, 0.1) is 19.3 Å². The van der Waals surface area contributed by atoms with E-state index < -0.39 is 0 Å². The molecule has 1 unspecified atom stereocenters. The number of hydrogen-bond donors (Lipinski definition) is 2. The summed E-state index contributed by atoms with van der Waals surface area (Å²) in [6.07, 6.45) is 1.14. The number of nitrogens with zero attached hydrogens (tertiary/aromatic N) is 2. The van der Waals surface area contributed by atoms with Crippen molar-refractivity contribution < 1.29 is 9.47 Å². The van der Waals surface area contributed by atoms with E-state index in [-0.39, 0.29) is 30.1 Å². The second kappa shape index (κ2) is 10.3. The monoisotopic (exact) mass is 516 g/mol. The Morgan fingerprint density at radius 1 is 1.36 bits per heavy atom. The number of thiazole rings is 1. The van der Waals surface area contributed by atoms with Crippen molar-refractivity contribution in [3.8, 4) is 11.5 Å². The average molecular weight is 516 g/mol. The number of benzene rings is 1. The molecule has 3 rings (SSSR count). The molecule has 0 aliphatic carbocycles. The summed E-state index contributed by atoms with van der Waals surface area (Å²) in [5, 5.41) is 9.84. The van der Waals surface area contributed by atoms with E-state index in [0.717, 1.165) is 40.1 Å². The van der Waals surface area contributed by atoms with Gasteiger partial charge in [-0.1, -0.05) is 13.8 Å². The van der Waals surface area contributed by atoms with Crippen LogP contribution in [0.3, 0.4) is 0 Å². The van der Waals surface area contributed by atoms with Gasteiger partial charge in [0.2, 0.25) is 0 Å². The quantitative estimate of drug-likeness (QED) is 0.344. The van der Waals surface area contributed by atoms with Crippen LogP contribution in [-0.2, 0) is 19.5 Å². The minimum atomic E-state index is 0. The van der Waals surface area contributed by atoms with Crippen molar-refractivity contribution in [3.05, 3.63) is 39.3 Å². The maximum Gasteiger partial charge on any atom is 0.191 e. The van der Waals surface area contributed by atoms with Crippen molar-refractivity contribution in [2.24, 2.45) is 4.99 Å². The van der Waals surface area contributed by atoms with Gasteiger partial charge in [0.1, 0.15) is 22.6 Å². The first-order chi connectivity index (χ1) is 13.0. The topological polar surface area (TPSA) is 67.8 Å². The molecule has 0 saturated heterocycles. The minimum Gasteiger partial charge on any atom is -0.496 e. The highest BCUT2D eigenvalue weighted by Gasteiger charge is 2.21. The zero-order chi connectivity index (χ0) is 19.4. The minimum absolute atomic E-state index is 0. The van der Waals surface area contributed by atoms with Gasteiger partial charge in [-0.15, -0.1) is 35.3 Å². The van der Waals surface area contributed by atoms with Crippen molar-refractivity contribution in [1.82, 2.24) is 15.6 Å². The Hall–Kier alpha value is -1.55. The van der Waals surface area contributed by atoms with E-state index in [0.29, 0.717) is 19.0 Å². The Bertz CT molecular complexity index is 823. The summed E-state index contributed by atoms with van der Waals surface area (Å²) in [6, 6.07) is 4.14. The van der Waals surface area contributed by atoms with Gasteiger partial charge in [0.15, 0.2) is 5.96 Å². The highest BCUT2D eigenvalue weighted by molar-refractivity contribution is 14.0. The Balaban J connectivity index is 0.00000280. The van der Waals surface area contributed by atoms with Gasteiger partial charge >= 0.3 is 0 Å². The Kier molecular flexibility index (Phi) is 8.36. The molecule has 0 amide bonds. The van der Waals surface area contributed by atoms with Crippen LogP contribution < -0.4 is 20.1 Å². The fraction of sp³-hybridized carbons (Fsp3) is 0.500. The number of ether oxygens (including phenoxy) is 2. The number of hydrogen-bond acceptors (Lipinski definition) is 5. The number of fused-ring (bicyclic) bond motifs is 1. The summed E-state index contributed by atoms with van der Waals surface area (Å²) in [5.74, 6) is 3.00. The van der Waals surface area contributed by atoms with Crippen LogP contribution in [0.5, 0.6) is 11.5 Å². The maximum atomic E-state index is 5.87. The number of aliphatic imine (C=N–C) groups is 1. The van der Waals surface area contributed by atoms with E-state index in [1.54, 1.807) is 25.5 Å². The third-order valence-electron chi connectivity index (χ3n) is 4.54.